The first-order valence-corrected chi connectivity index (χ1v) is 17.7. The number of carbonyl (C=O) groups is 3. The number of aliphatic hydroxyl groups excluding tert-OH is 1. The number of benzene rings is 3. The lowest BCUT2D eigenvalue weighted by molar-refractivity contribution is -0.147. The maximum Gasteiger partial charge on any atom is 0.253 e. The highest BCUT2D eigenvalue weighted by atomic mass is 79.9. The molecule has 0 aromatic heterocycles. The van der Waals surface area contributed by atoms with E-state index in [2.05, 4.69) is 29.1 Å². The van der Waals surface area contributed by atoms with Crippen LogP contribution in [0.4, 0.5) is 5.69 Å². The molecule has 3 saturated heterocycles. The van der Waals surface area contributed by atoms with Gasteiger partial charge in [0.05, 0.1) is 30.6 Å². The minimum absolute atomic E-state index is 0.140. The molecule has 7 atom stereocenters. The molecule has 3 unspecified atom stereocenters. The van der Waals surface area contributed by atoms with Crippen LogP contribution in [0, 0.1) is 17.8 Å². The molecule has 0 aliphatic carbocycles. The van der Waals surface area contributed by atoms with Crippen LogP contribution in [0.25, 0.3) is 10.8 Å². The van der Waals surface area contributed by atoms with E-state index in [0.717, 1.165) is 16.3 Å². The summed E-state index contributed by atoms with van der Waals surface area (Å²) >= 11 is 3.80. The summed E-state index contributed by atoms with van der Waals surface area (Å²) in [6.07, 6.45) is 3.63. The largest absolute Gasteiger partial charge is 0.394 e. The molecule has 3 aliphatic rings. The molecule has 0 radical (unpaired) electrons. The van der Waals surface area contributed by atoms with Gasteiger partial charge < -0.3 is 24.5 Å². The van der Waals surface area contributed by atoms with Gasteiger partial charge >= 0.3 is 0 Å². The fourth-order valence-electron chi connectivity index (χ4n) is 8.19. The predicted molar refractivity (Wildman–Crippen MR) is 191 cm³/mol. The molecule has 3 aromatic rings. The van der Waals surface area contributed by atoms with Gasteiger partial charge in [-0.25, -0.2) is 0 Å². The van der Waals surface area contributed by atoms with Crippen LogP contribution in [-0.4, -0.2) is 80.9 Å². The van der Waals surface area contributed by atoms with Gasteiger partial charge in [-0.1, -0.05) is 103 Å². The van der Waals surface area contributed by atoms with E-state index in [1.807, 2.05) is 86.6 Å². The SMILES string of the molecule is C=CCN(Cc1ccccc1)C(=O)[C@H]1[C@H]2C(=O)N([C@@H](CO)CC(C)C)C(C(=O)N(CC=C)c3ccc4ccccc4c3)C23CC(Br)[C@@H]1O3. The summed E-state index contributed by atoms with van der Waals surface area (Å²) in [4.78, 5) is 49.3. The van der Waals surface area contributed by atoms with Crippen molar-refractivity contribution in [2.45, 2.75) is 61.8 Å². The van der Waals surface area contributed by atoms with Gasteiger partial charge in [-0.2, -0.15) is 0 Å². The Kier molecular flexibility index (Phi) is 9.93. The number of rotatable bonds is 13. The first-order valence-electron chi connectivity index (χ1n) is 16.7. The van der Waals surface area contributed by atoms with E-state index in [1.54, 1.807) is 26.9 Å². The van der Waals surface area contributed by atoms with Gasteiger partial charge in [0.15, 0.2) is 0 Å². The lowest BCUT2D eigenvalue weighted by Gasteiger charge is -2.40. The van der Waals surface area contributed by atoms with Gasteiger partial charge in [-0.15, -0.1) is 13.2 Å². The number of aliphatic hydroxyl groups is 1. The van der Waals surface area contributed by atoms with Crippen molar-refractivity contribution in [2.75, 3.05) is 24.6 Å². The number of fused-ring (bicyclic) bond motifs is 2. The molecule has 0 saturated carbocycles. The summed E-state index contributed by atoms with van der Waals surface area (Å²) in [6.45, 7) is 12.4. The van der Waals surface area contributed by atoms with Crippen LogP contribution in [0.5, 0.6) is 0 Å². The van der Waals surface area contributed by atoms with Crippen LogP contribution in [0.3, 0.4) is 0 Å². The van der Waals surface area contributed by atoms with Crippen LogP contribution in [-0.2, 0) is 25.7 Å². The minimum atomic E-state index is -1.26. The van der Waals surface area contributed by atoms with Gasteiger partial charge in [0.1, 0.15) is 11.6 Å². The zero-order chi connectivity index (χ0) is 34.2. The topological polar surface area (TPSA) is 90.4 Å². The number of ether oxygens (including phenoxy) is 1. The molecule has 252 valence electrons. The molecular weight excluding hydrogens is 670 g/mol. The van der Waals surface area contributed by atoms with Crippen molar-refractivity contribution < 1.29 is 24.2 Å². The lowest BCUT2D eigenvalue weighted by Crippen LogP contribution is -2.59. The quantitative estimate of drug-likeness (QED) is 0.181. The van der Waals surface area contributed by atoms with Crippen LogP contribution in [0.15, 0.2) is 98.1 Å². The molecule has 3 aromatic carbocycles. The molecular formula is C39H44BrN3O5. The van der Waals surface area contributed by atoms with Crippen molar-refractivity contribution in [3.8, 4) is 0 Å². The van der Waals surface area contributed by atoms with Crippen molar-refractivity contribution >= 4 is 50.1 Å². The Morgan fingerprint density at radius 1 is 1.02 bits per heavy atom. The first-order chi connectivity index (χ1) is 23.1. The van der Waals surface area contributed by atoms with Gasteiger partial charge in [0, 0.05) is 30.1 Å². The van der Waals surface area contributed by atoms with Crippen molar-refractivity contribution in [2.24, 2.45) is 17.8 Å². The molecule has 3 aliphatic heterocycles. The normalized spacial score (nSPS) is 26.5. The van der Waals surface area contributed by atoms with E-state index in [0.29, 0.717) is 31.6 Å². The summed E-state index contributed by atoms with van der Waals surface area (Å²) in [5.41, 5.74) is 0.369. The number of carbonyl (C=O) groups excluding carboxylic acids is 3. The third-order valence-corrected chi connectivity index (χ3v) is 10.9. The molecule has 1 spiro atoms. The maximum absolute atomic E-state index is 15.1. The second-order valence-electron chi connectivity index (χ2n) is 13.6. The molecule has 3 heterocycles. The number of alkyl halides is 1. The summed E-state index contributed by atoms with van der Waals surface area (Å²) in [5.74, 6) is -2.40. The minimum Gasteiger partial charge on any atom is -0.394 e. The second kappa shape index (κ2) is 14.0. The number of hydrogen-bond donors (Lipinski definition) is 1. The van der Waals surface area contributed by atoms with E-state index in [-0.39, 0.29) is 41.6 Å². The molecule has 3 amide bonds. The van der Waals surface area contributed by atoms with E-state index in [9.17, 15) is 14.7 Å². The number of nitrogens with zero attached hydrogens (tertiary/aromatic N) is 3. The monoisotopic (exact) mass is 713 g/mol. The maximum atomic E-state index is 15.1. The first kappa shape index (κ1) is 34.1. The highest BCUT2D eigenvalue weighted by Crippen LogP contribution is 2.61. The summed E-state index contributed by atoms with van der Waals surface area (Å²) < 4.78 is 6.84. The third-order valence-electron chi connectivity index (χ3n) is 10.1. The molecule has 3 fully saturated rings. The van der Waals surface area contributed by atoms with E-state index in [4.69, 9.17) is 4.74 Å². The predicted octanol–water partition coefficient (Wildman–Crippen LogP) is 5.73. The van der Waals surface area contributed by atoms with Gasteiger partial charge in [0.2, 0.25) is 11.8 Å². The van der Waals surface area contributed by atoms with Crippen molar-refractivity contribution in [3.63, 3.8) is 0 Å². The van der Waals surface area contributed by atoms with Crippen LogP contribution >= 0.6 is 15.9 Å². The smallest absolute Gasteiger partial charge is 0.253 e. The zero-order valence-corrected chi connectivity index (χ0v) is 29.2. The summed E-state index contributed by atoms with van der Waals surface area (Å²) in [7, 11) is 0. The van der Waals surface area contributed by atoms with E-state index in [1.165, 1.54) is 0 Å². The van der Waals surface area contributed by atoms with Crippen molar-refractivity contribution in [3.05, 3.63) is 104 Å². The van der Waals surface area contributed by atoms with Crippen LogP contribution in [0.2, 0.25) is 0 Å². The fourth-order valence-corrected chi connectivity index (χ4v) is 9.13. The van der Waals surface area contributed by atoms with Gasteiger partial charge in [-0.3, -0.25) is 14.4 Å². The number of halogens is 1. The fraction of sp³-hybridized carbons (Fsp3) is 0.410. The Morgan fingerprint density at radius 2 is 1.71 bits per heavy atom. The number of likely N-dealkylation sites (tertiary alicyclic amines) is 1. The molecule has 8 nitrogen and oxygen atoms in total. The second-order valence-corrected chi connectivity index (χ2v) is 14.8. The van der Waals surface area contributed by atoms with Crippen LogP contribution in [0.1, 0.15) is 32.3 Å². The average molecular weight is 715 g/mol. The van der Waals surface area contributed by atoms with Crippen molar-refractivity contribution in [1.29, 1.82) is 0 Å². The Hall–Kier alpha value is -3.79. The summed E-state index contributed by atoms with van der Waals surface area (Å²) in [6, 6.07) is 21.8. The van der Waals surface area contributed by atoms with E-state index < -0.39 is 35.6 Å². The Labute approximate surface area is 291 Å². The Bertz CT molecular complexity index is 1700. The highest BCUT2D eigenvalue weighted by Gasteiger charge is 2.77. The summed E-state index contributed by atoms with van der Waals surface area (Å²) in [5, 5.41) is 12.8. The standard InChI is InChI=1S/C39H44BrN3O5/c1-5-18-41(23-26-12-8-7-9-13-26)36(45)32-33-37(46)43(30(24-44)20-25(3)4)35(39(33)22-31(40)34(32)48-39)38(47)42(19-6-2)29-17-16-27-14-10-11-15-28(27)21-29/h5-17,21,25,30-35,44H,1-2,18-20,22-24H2,3-4H3/t30-,31?,32+,33+,34+,35?,39?/m1/s1. The molecule has 1 N–H and O–H groups in total. The van der Waals surface area contributed by atoms with E-state index >= 15 is 4.79 Å². The van der Waals surface area contributed by atoms with Crippen LogP contribution < -0.4 is 4.90 Å². The average Bonchev–Trinajstić information content (AvgIpc) is 3.68. The number of anilines is 1. The third kappa shape index (κ3) is 5.90. The number of hydrogen-bond acceptors (Lipinski definition) is 5. The van der Waals surface area contributed by atoms with Crippen molar-refractivity contribution in [1.82, 2.24) is 9.80 Å². The Morgan fingerprint density at radius 3 is 2.38 bits per heavy atom. The van der Waals surface area contributed by atoms with Gasteiger partial charge in [0.25, 0.3) is 5.91 Å². The van der Waals surface area contributed by atoms with Gasteiger partial charge in [-0.05, 0) is 47.2 Å². The molecule has 48 heavy (non-hydrogen) atoms. The lowest BCUT2D eigenvalue weighted by atomic mass is 9.70. The molecule has 6 rings (SSSR count). The molecule has 9 heteroatoms. The number of amides is 3. The highest BCUT2D eigenvalue weighted by molar-refractivity contribution is 9.09. The molecule has 2 bridgehead atoms. The Balaban J connectivity index is 1.44. The zero-order valence-electron chi connectivity index (χ0n) is 27.6.